The fraction of sp³-hybridized carbons (Fsp3) is 0.0952. The van der Waals surface area contributed by atoms with Crippen molar-refractivity contribution < 1.29 is 19.4 Å². The Balaban J connectivity index is 1.80. The van der Waals surface area contributed by atoms with Crippen LogP contribution < -0.4 is 15.1 Å². The first-order valence-electron chi connectivity index (χ1n) is 8.36. The molecule has 0 unspecified atom stereocenters. The zero-order chi connectivity index (χ0) is 20.1. The molecule has 0 aliphatic carbocycles. The first kappa shape index (κ1) is 18.7. The van der Waals surface area contributed by atoms with Crippen LogP contribution in [0.15, 0.2) is 65.4 Å². The van der Waals surface area contributed by atoms with Crippen LogP contribution in [0.4, 0.5) is 11.4 Å². The third-order valence-corrected chi connectivity index (χ3v) is 3.99. The summed E-state index contributed by atoms with van der Waals surface area (Å²) in [5.41, 5.74) is 2.19. The number of carboxylic acid groups (broad SMARTS) is 1. The lowest BCUT2D eigenvalue weighted by Crippen LogP contribution is -2.21. The first-order chi connectivity index (χ1) is 13.5. The molecule has 0 radical (unpaired) electrons. The van der Waals surface area contributed by atoms with Crippen LogP contribution in [0.1, 0.15) is 17.3 Å². The van der Waals surface area contributed by atoms with Gasteiger partial charge in [-0.05, 0) is 43.3 Å². The summed E-state index contributed by atoms with van der Waals surface area (Å²) in [5.74, 6) is 1.62. The summed E-state index contributed by atoms with van der Waals surface area (Å²) < 4.78 is 5.47. The second-order valence-corrected chi connectivity index (χ2v) is 5.85. The second-order valence-electron chi connectivity index (χ2n) is 5.85. The average molecular weight is 375 g/mol. The van der Waals surface area contributed by atoms with Gasteiger partial charge in [0, 0.05) is 6.20 Å². The highest BCUT2D eigenvalue weighted by Crippen LogP contribution is 2.26. The number of amides is 1. The number of para-hydroxylation sites is 2. The maximum absolute atomic E-state index is 12.7. The fourth-order valence-corrected chi connectivity index (χ4v) is 2.59. The van der Waals surface area contributed by atoms with E-state index in [9.17, 15) is 9.59 Å². The van der Waals surface area contributed by atoms with Crippen LogP contribution in [0.25, 0.3) is 0 Å². The van der Waals surface area contributed by atoms with Crippen molar-refractivity contribution in [3.05, 3.63) is 65.9 Å². The Morgan fingerprint density at radius 1 is 1.29 bits per heavy atom. The Labute approximate surface area is 161 Å². The number of aromatic carboxylic acids is 1. The molecule has 140 valence electrons. The lowest BCUT2D eigenvalue weighted by Gasteiger charge is -2.12. The van der Waals surface area contributed by atoms with Gasteiger partial charge in [0.25, 0.3) is 5.91 Å². The highest BCUT2D eigenvalue weighted by Gasteiger charge is 2.28. The van der Waals surface area contributed by atoms with E-state index < -0.39 is 5.97 Å². The number of terminal acetylenes is 1. The third-order valence-electron chi connectivity index (χ3n) is 3.99. The molecule has 1 heterocycles. The number of hydrazone groups is 1. The monoisotopic (exact) mass is 375 g/mol. The maximum Gasteiger partial charge on any atom is 0.335 e. The minimum Gasteiger partial charge on any atom is -0.479 e. The van der Waals surface area contributed by atoms with Gasteiger partial charge in [-0.2, -0.15) is 10.1 Å². The number of hydrogen-bond acceptors (Lipinski definition) is 5. The molecule has 0 fully saturated rings. The number of carbonyl (C=O) groups is 2. The van der Waals surface area contributed by atoms with Gasteiger partial charge < -0.3 is 15.2 Å². The van der Waals surface area contributed by atoms with Crippen molar-refractivity contribution in [1.82, 2.24) is 0 Å². The highest BCUT2D eigenvalue weighted by molar-refractivity contribution is 6.29. The van der Waals surface area contributed by atoms with E-state index in [1.807, 2.05) is 12.1 Å². The van der Waals surface area contributed by atoms with E-state index in [0.717, 1.165) is 0 Å². The molecule has 0 atom stereocenters. The molecule has 1 amide bonds. The van der Waals surface area contributed by atoms with Crippen molar-refractivity contribution in [2.45, 2.75) is 6.92 Å². The molecule has 1 aliphatic heterocycles. The number of carboxylic acids is 1. The Hall–Kier alpha value is -4.05. The van der Waals surface area contributed by atoms with Crippen molar-refractivity contribution in [3.63, 3.8) is 0 Å². The number of benzene rings is 2. The number of carbonyl (C=O) groups excluding carboxylic acids is 1. The predicted octanol–water partition coefficient (Wildman–Crippen LogP) is 3.12. The number of nitrogens with zero attached hydrogens (tertiary/aromatic N) is 2. The minimum atomic E-state index is -1.03. The van der Waals surface area contributed by atoms with E-state index in [0.29, 0.717) is 28.4 Å². The lowest BCUT2D eigenvalue weighted by molar-refractivity contribution is -0.114. The van der Waals surface area contributed by atoms with Gasteiger partial charge >= 0.3 is 5.97 Å². The zero-order valence-electron chi connectivity index (χ0n) is 15.0. The van der Waals surface area contributed by atoms with Crippen LogP contribution in [0.3, 0.4) is 0 Å². The van der Waals surface area contributed by atoms with Crippen LogP contribution in [0.5, 0.6) is 5.75 Å². The van der Waals surface area contributed by atoms with E-state index in [1.54, 1.807) is 25.3 Å². The third kappa shape index (κ3) is 3.86. The van der Waals surface area contributed by atoms with Gasteiger partial charge in [-0.25, -0.2) is 4.79 Å². The van der Waals surface area contributed by atoms with Crippen LogP contribution in [-0.4, -0.2) is 29.3 Å². The molecule has 28 heavy (non-hydrogen) atoms. The molecule has 0 saturated carbocycles. The molecule has 0 spiro atoms. The van der Waals surface area contributed by atoms with Crippen molar-refractivity contribution >= 4 is 29.0 Å². The molecule has 0 saturated heterocycles. The lowest BCUT2D eigenvalue weighted by atomic mass is 10.1. The summed E-state index contributed by atoms with van der Waals surface area (Å²) in [6.07, 6.45) is 6.79. The smallest absolute Gasteiger partial charge is 0.335 e. The van der Waals surface area contributed by atoms with E-state index in [4.69, 9.17) is 16.3 Å². The largest absolute Gasteiger partial charge is 0.479 e. The van der Waals surface area contributed by atoms with Crippen LogP contribution in [-0.2, 0) is 4.79 Å². The molecular formula is C21H17N3O4. The highest BCUT2D eigenvalue weighted by atomic mass is 16.5. The Morgan fingerprint density at radius 2 is 2.00 bits per heavy atom. The molecule has 2 aromatic carbocycles. The predicted molar refractivity (Wildman–Crippen MR) is 106 cm³/mol. The molecular weight excluding hydrogens is 358 g/mol. The SMILES string of the molecule is C#CCOc1ccccc1N/C=C1\C(=O)N(c2ccc(C(=O)O)cc2)N=C1C. The van der Waals surface area contributed by atoms with E-state index in [-0.39, 0.29) is 18.1 Å². The maximum atomic E-state index is 12.7. The van der Waals surface area contributed by atoms with Crippen LogP contribution >= 0.6 is 0 Å². The van der Waals surface area contributed by atoms with Gasteiger partial charge in [0.1, 0.15) is 12.4 Å². The molecule has 3 rings (SSSR count). The van der Waals surface area contributed by atoms with Gasteiger partial charge in [-0.15, -0.1) is 6.42 Å². The van der Waals surface area contributed by atoms with Crippen molar-refractivity contribution in [3.8, 4) is 18.1 Å². The average Bonchev–Trinajstić information content (AvgIpc) is 2.99. The Bertz CT molecular complexity index is 1020. The van der Waals surface area contributed by atoms with Crippen molar-refractivity contribution in [2.24, 2.45) is 5.10 Å². The van der Waals surface area contributed by atoms with Crippen LogP contribution in [0, 0.1) is 12.3 Å². The molecule has 0 aromatic heterocycles. The fourth-order valence-electron chi connectivity index (χ4n) is 2.59. The zero-order valence-corrected chi connectivity index (χ0v) is 15.0. The molecule has 0 bridgehead atoms. The number of rotatable bonds is 6. The van der Waals surface area contributed by atoms with Gasteiger partial charge in [0.05, 0.1) is 28.2 Å². The minimum absolute atomic E-state index is 0.134. The molecule has 2 N–H and O–H groups in total. The normalized spacial score (nSPS) is 14.6. The van der Waals surface area contributed by atoms with E-state index >= 15 is 0 Å². The molecule has 7 heteroatoms. The molecule has 7 nitrogen and oxygen atoms in total. The second kappa shape index (κ2) is 8.10. The molecule has 2 aromatic rings. The standard InChI is InChI=1S/C21H17N3O4/c1-3-12-28-19-7-5-4-6-18(19)22-13-17-14(2)23-24(20(17)25)16-10-8-15(9-11-16)21(26)27/h1,4-11,13,22H,12H2,2H3,(H,26,27)/b17-13-. The number of ether oxygens (including phenoxy) is 1. The van der Waals surface area contributed by atoms with Crippen LogP contribution in [0.2, 0.25) is 0 Å². The van der Waals surface area contributed by atoms with Gasteiger partial charge in [-0.1, -0.05) is 18.1 Å². The number of anilines is 2. The van der Waals surface area contributed by atoms with E-state index in [2.05, 4.69) is 16.3 Å². The molecule has 1 aliphatic rings. The van der Waals surface area contributed by atoms with Crippen molar-refractivity contribution in [1.29, 1.82) is 0 Å². The summed E-state index contributed by atoms with van der Waals surface area (Å²) in [5, 5.41) is 17.5. The summed E-state index contributed by atoms with van der Waals surface area (Å²) in [4.78, 5) is 23.7. The van der Waals surface area contributed by atoms with Gasteiger partial charge in [-0.3, -0.25) is 4.79 Å². The summed E-state index contributed by atoms with van der Waals surface area (Å²) >= 11 is 0. The van der Waals surface area contributed by atoms with Crippen molar-refractivity contribution in [2.75, 3.05) is 16.9 Å². The first-order valence-corrected chi connectivity index (χ1v) is 8.36. The summed E-state index contributed by atoms with van der Waals surface area (Å²) in [6, 6.07) is 13.2. The van der Waals surface area contributed by atoms with Gasteiger partial charge in [0.15, 0.2) is 0 Å². The Kier molecular flexibility index (Phi) is 5.42. The Morgan fingerprint density at radius 3 is 2.68 bits per heavy atom. The number of nitrogens with one attached hydrogen (secondary N) is 1. The topological polar surface area (TPSA) is 91.2 Å². The number of hydrogen-bond donors (Lipinski definition) is 2. The summed E-state index contributed by atoms with van der Waals surface area (Å²) in [6.45, 7) is 1.85. The summed E-state index contributed by atoms with van der Waals surface area (Å²) in [7, 11) is 0. The van der Waals surface area contributed by atoms with Gasteiger partial charge in [0.2, 0.25) is 0 Å². The van der Waals surface area contributed by atoms with E-state index in [1.165, 1.54) is 29.3 Å². The quantitative estimate of drug-likeness (QED) is 0.598.